The number of aryl methyl sites for hydroxylation is 1. The zero-order valence-electron chi connectivity index (χ0n) is 20.0. The van der Waals surface area contributed by atoms with Crippen LogP contribution in [0.1, 0.15) is 44.7 Å². The largest absolute Gasteiger partial charge is 0.497 e. The predicted molar refractivity (Wildman–Crippen MR) is 133 cm³/mol. The Morgan fingerprint density at radius 1 is 1.00 bits per heavy atom. The summed E-state index contributed by atoms with van der Waals surface area (Å²) in [4.78, 5) is 28.0. The van der Waals surface area contributed by atoms with Crippen LogP contribution in [0, 0.1) is 0 Å². The number of rotatable bonds is 10. The first-order chi connectivity index (χ1) is 15.9. The van der Waals surface area contributed by atoms with Gasteiger partial charge in [-0.05, 0) is 60.7 Å². The lowest BCUT2D eigenvalue weighted by atomic mass is 10.0. The number of hydrogen-bond donors (Lipinski definition) is 1. The molecule has 0 spiro atoms. The van der Waals surface area contributed by atoms with E-state index < -0.39 is 6.04 Å². The summed E-state index contributed by atoms with van der Waals surface area (Å²) < 4.78 is 5.34. The number of benzene rings is 3. The van der Waals surface area contributed by atoms with Gasteiger partial charge in [-0.25, -0.2) is 0 Å². The molecule has 2 atom stereocenters. The van der Waals surface area contributed by atoms with Gasteiger partial charge in [-0.1, -0.05) is 61.5 Å². The Bertz CT molecular complexity index is 1090. The minimum absolute atomic E-state index is 0.0439. The Morgan fingerprint density at radius 3 is 2.48 bits per heavy atom. The van der Waals surface area contributed by atoms with E-state index in [9.17, 15) is 9.59 Å². The van der Waals surface area contributed by atoms with Crippen molar-refractivity contribution in [3.63, 3.8) is 0 Å². The van der Waals surface area contributed by atoms with Crippen molar-refractivity contribution in [2.75, 3.05) is 7.11 Å². The number of amides is 2. The van der Waals surface area contributed by atoms with Crippen LogP contribution < -0.4 is 10.1 Å². The standard InChI is InChI=1S/C28H34N2O3/c1-5-20(2)29-28(32)21(3)30(19-22-10-8-14-25(18-22)33-4)27(31)17-16-24-13-9-12-23-11-6-7-15-26(23)24/h6-15,18,20-21H,5,16-17,19H2,1-4H3,(H,29,32)/t20-,21-/m0/s1. The maximum absolute atomic E-state index is 13.4. The molecule has 5 heteroatoms. The van der Waals surface area contributed by atoms with Crippen LogP contribution >= 0.6 is 0 Å². The van der Waals surface area contributed by atoms with Crippen molar-refractivity contribution in [2.45, 2.75) is 58.7 Å². The molecule has 1 N–H and O–H groups in total. The highest BCUT2D eigenvalue weighted by atomic mass is 16.5. The molecule has 0 fully saturated rings. The summed E-state index contributed by atoms with van der Waals surface area (Å²) >= 11 is 0. The number of nitrogens with zero attached hydrogens (tertiary/aromatic N) is 1. The van der Waals surface area contributed by atoms with E-state index >= 15 is 0 Å². The van der Waals surface area contributed by atoms with E-state index in [1.807, 2.05) is 56.3 Å². The average molecular weight is 447 g/mol. The highest BCUT2D eigenvalue weighted by Gasteiger charge is 2.26. The number of hydrogen-bond acceptors (Lipinski definition) is 3. The molecular weight excluding hydrogens is 412 g/mol. The van der Waals surface area contributed by atoms with Crippen LogP contribution in [0.25, 0.3) is 10.8 Å². The highest BCUT2D eigenvalue weighted by molar-refractivity contribution is 5.89. The van der Waals surface area contributed by atoms with Gasteiger partial charge < -0.3 is 15.0 Å². The summed E-state index contributed by atoms with van der Waals surface area (Å²) in [5, 5.41) is 5.34. The number of carbonyl (C=O) groups is 2. The minimum Gasteiger partial charge on any atom is -0.497 e. The number of nitrogens with one attached hydrogen (secondary N) is 1. The Hall–Kier alpha value is -3.34. The molecular formula is C28H34N2O3. The third-order valence-electron chi connectivity index (χ3n) is 6.14. The molecule has 0 saturated heterocycles. The number of fused-ring (bicyclic) bond motifs is 1. The van der Waals surface area contributed by atoms with Crippen molar-refractivity contribution >= 4 is 22.6 Å². The first-order valence-corrected chi connectivity index (χ1v) is 11.6. The average Bonchev–Trinajstić information content (AvgIpc) is 2.85. The van der Waals surface area contributed by atoms with Gasteiger partial charge in [0.2, 0.25) is 11.8 Å². The molecule has 0 aliphatic carbocycles. The van der Waals surface area contributed by atoms with Crippen LogP contribution in [0.5, 0.6) is 5.75 Å². The zero-order chi connectivity index (χ0) is 23.8. The van der Waals surface area contributed by atoms with Crippen LogP contribution in [0.2, 0.25) is 0 Å². The second-order valence-electron chi connectivity index (χ2n) is 8.51. The van der Waals surface area contributed by atoms with E-state index in [-0.39, 0.29) is 17.9 Å². The van der Waals surface area contributed by atoms with Crippen molar-refractivity contribution in [3.05, 3.63) is 77.9 Å². The smallest absolute Gasteiger partial charge is 0.242 e. The quantitative estimate of drug-likeness (QED) is 0.471. The molecule has 3 aromatic carbocycles. The highest BCUT2D eigenvalue weighted by Crippen LogP contribution is 2.21. The van der Waals surface area contributed by atoms with Gasteiger partial charge in [-0.15, -0.1) is 0 Å². The monoisotopic (exact) mass is 446 g/mol. The molecule has 0 unspecified atom stereocenters. The molecule has 0 aliphatic heterocycles. The lowest BCUT2D eigenvalue weighted by Gasteiger charge is -2.30. The lowest BCUT2D eigenvalue weighted by molar-refractivity contribution is -0.140. The molecule has 5 nitrogen and oxygen atoms in total. The van der Waals surface area contributed by atoms with Gasteiger partial charge >= 0.3 is 0 Å². The fourth-order valence-corrected chi connectivity index (χ4v) is 3.91. The third kappa shape index (κ3) is 6.35. The fourth-order valence-electron chi connectivity index (χ4n) is 3.91. The van der Waals surface area contributed by atoms with Crippen LogP contribution in [0.15, 0.2) is 66.7 Å². The first kappa shape index (κ1) is 24.3. The third-order valence-corrected chi connectivity index (χ3v) is 6.14. The van der Waals surface area contributed by atoms with Gasteiger partial charge in [0.15, 0.2) is 0 Å². The Labute approximate surface area is 196 Å². The van der Waals surface area contributed by atoms with Gasteiger partial charge in [0.05, 0.1) is 7.11 Å². The second kappa shape index (κ2) is 11.5. The summed E-state index contributed by atoms with van der Waals surface area (Å²) in [6, 6.07) is 21.5. The summed E-state index contributed by atoms with van der Waals surface area (Å²) in [6.45, 7) is 6.15. The minimum atomic E-state index is -0.579. The van der Waals surface area contributed by atoms with Crippen molar-refractivity contribution in [1.82, 2.24) is 10.2 Å². The number of carbonyl (C=O) groups excluding carboxylic acids is 2. The summed E-state index contributed by atoms with van der Waals surface area (Å²) in [6.07, 6.45) is 1.79. The van der Waals surface area contributed by atoms with Crippen LogP contribution in [0.3, 0.4) is 0 Å². The van der Waals surface area contributed by atoms with E-state index in [0.717, 1.165) is 34.1 Å². The molecule has 33 heavy (non-hydrogen) atoms. The molecule has 174 valence electrons. The Kier molecular flexibility index (Phi) is 8.47. The molecule has 0 heterocycles. The van der Waals surface area contributed by atoms with E-state index in [0.29, 0.717) is 19.4 Å². The molecule has 3 rings (SSSR count). The predicted octanol–water partition coefficient (Wildman–Crippen LogP) is 5.11. The van der Waals surface area contributed by atoms with Gasteiger partial charge in [-0.3, -0.25) is 9.59 Å². The normalized spacial score (nSPS) is 12.7. The second-order valence-corrected chi connectivity index (χ2v) is 8.51. The van der Waals surface area contributed by atoms with Crippen molar-refractivity contribution in [3.8, 4) is 5.75 Å². The van der Waals surface area contributed by atoms with Crippen LogP contribution in [-0.4, -0.2) is 35.9 Å². The molecule has 2 amide bonds. The molecule has 0 bridgehead atoms. The SMILES string of the molecule is CC[C@H](C)NC(=O)[C@H](C)N(Cc1cccc(OC)c1)C(=O)CCc1cccc2ccccc12. The van der Waals surface area contributed by atoms with E-state index in [2.05, 4.69) is 29.6 Å². The number of methoxy groups -OCH3 is 1. The molecule has 0 radical (unpaired) electrons. The molecule has 3 aromatic rings. The van der Waals surface area contributed by atoms with Crippen LogP contribution in [-0.2, 0) is 22.6 Å². The summed E-state index contributed by atoms with van der Waals surface area (Å²) in [5.74, 6) is 0.552. The lowest BCUT2D eigenvalue weighted by Crippen LogP contribution is -2.49. The molecule has 0 saturated carbocycles. The summed E-state index contributed by atoms with van der Waals surface area (Å²) in [5.41, 5.74) is 2.07. The van der Waals surface area contributed by atoms with Gasteiger partial charge in [0.25, 0.3) is 0 Å². The maximum Gasteiger partial charge on any atom is 0.242 e. The molecule has 0 aromatic heterocycles. The van der Waals surface area contributed by atoms with Crippen molar-refractivity contribution in [1.29, 1.82) is 0 Å². The topological polar surface area (TPSA) is 58.6 Å². The van der Waals surface area contributed by atoms with Crippen molar-refractivity contribution in [2.24, 2.45) is 0 Å². The number of ether oxygens (including phenoxy) is 1. The van der Waals surface area contributed by atoms with Gasteiger partial charge in [-0.2, -0.15) is 0 Å². The Balaban J connectivity index is 1.80. The van der Waals surface area contributed by atoms with Crippen LogP contribution in [0.4, 0.5) is 0 Å². The fraction of sp³-hybridized carbons (Fsp3) is 0.357. The summed E-state index contributed by atoms with van der Waals surface area (Å²) in [7, 11) is 1.62. The maximum atomic E-state index is 13.4. The zero-order valence-corrected chi connectivity index (χ0v) is 20.0. The first-order valence-electron chi connectivity index (χ1n) is 11.6. The van der Waals surface area contributed by atoms with Gasteiger partial charge in [0.1, 0.15) is 11.8 Å². The molecule has 0 aliphatic rings. The van der Waals surface area contributed by atoms with Gasteiger partial charge in [0, 0.05) is 19.0 Å². The van der Waals surface area contributed by atoms with E-state index in [1.54, 1.807) is 18.9 Å². The van der Waals surface area contributed by atoms with E-state index in [4.69, 9.17) is 4.74 Å². The van der Waals surface area contributed by atoms with E-state index in [1.165, 1.54) is 0 Å². The Morgan fingerprint density at radius 2 is 1.73 bits per heavy atom. The van der Waals surface area contributed by atoms with Crippen molar-refractivity contribution < 1.29 is 14.3 Å².